The molecule has 0 aliphatic rings. The molecule has 0 fully saturated rings. The fourth-order valence-corrected chi connectivity index (χ4v) is 2.38. The van der Waals surface area contributed by atoms with E-state index in [0.29, 0.717) is 28.4 Å². The van der Waals surface area contributed by atoms with Gasteiger partial charge in [-0.3, -0.25) is 9.59 Å². The van der Waals surface area contributed by atoms with Crippen molar-refractivity contribution < 1.29 is 9.59 Å². The molecule has 2 rings (SSSR count). The van der Waals surface area contributed by atoms with Gasteiger partial charge in [-0.15, -0.1) is 0 Å². The van der Waals surface area contributed by atoms with Crippen LogP contribution >= 0.6 is 11.6 Å². The van der Waals surface area contributed by atoms with Crippen LogP contribution in [0.2, 0.25) is 5.02 Å². The Morgan fingerprint density at radius 2 is 1.75 bits per heavy atom. The van der Waals surface area contributed by atoms with Gasteiger partial charge in [-0.2, -0.15) is 0 Å². The van der Waals surface area contributed by atoms with Gasteiger partial charge in [0.05, 0.1) is 0 Å². The second-order valence-electron chi connectivity index (χ2n) is 5.60. The second-order valence-corrected chi connectivity index (χ2v) is 6.04. The zero-order chi connectivity index (χ0) is 17.5. The Kier molecular flexibility index (Phi) is 6.38. The molecular formula is C19H21ClN2O2. The number of unbranched alkanes of at least 4 members (excludes halogenated alkanes) is 1. The first-order valence-electron chi connectivity index (χ1n) is 7.97. The third-order valence-corrected chi connectivity index (χ3v) is 3.89. The summed E-state index contributed by atoms with van der Waals surface area (Å²) in [4.78, 5) is 24.5. The van der Waals surface area contributed by atoms with E-state index < -0.39 is 0 Å². The Bertz CT molecular complexity index is 744. The van der Waals surface area contributed by atoms with Crippen molar-refractivity contribution in [1.29, 1.82) is 0 Å². The van der Waals surface area contributed by atoms with Crippen LogP contribution in [0, 0.1) is 6.92 Å². The predicted octanol–water partition coefficient (Wildman–Crippen LogP) is 4.43. The number of carbonyl (C=O) groups is 2. The van der Waals surface area contributed by atoms with E-state index in [2.05, 4.69) is 17.6 Å². The largest absolute Gasteiger partial charge is 0.352 e. The van der Waals surface area contributed by atoms with Gasteiger partial charge in [0.15, 0.2) is 0 Å². The molecular weight excluding hydrogens is 324 g/mol. The monoisotopic (exact) mass is 344 g/mol. The first-order chi connectivity index (χ1) is 11.5. The zero-order valence-corrected chi connectivity index (χ0v) is 14.6. The van der Waals surface area contributed by atoms with E-state index in [0.717, 1.165) is 18.4 Å². The van der Waals surface area contributed by atoms with Gasteiger partial charge in [0.2, 0.25) is 0 Å². The van der Waals surface area contributed by atoms with Crippen LogP contribution in [0.5, 0.6) is 0 Å². The number of nitrogens with one attached hydrogen (secondary N) is 2. The number of amides is 2. The number of halogens is 1. The fourth-order valence-electron chi connectivity index (χ4n) is 2.21. The quantitative estimate of drug-likeness (QED) is 0.761. The topological polar surface area (TPSA) is 58.2 Å². The van der Waals surface area contributed by atoms with E-state index >= 15 is 0 Å². The smallest absolute Gasteiger partial charge is 0.255 e. The molecule has 0 aliphatic carbocycles. The highest BCUT2D eigenvalue weighted by molar-refractivity contribution is 6.31. The zero-order valence-electron chi connectivity index (χ0n) is 13.9. The van der Waals surface area contributed by atoms with Crippen molar-refractivity contribution in [3.05, 3.63) is 64.2 Å². The lowest BCUT2D eigenvalue weighted by Crippen LogP contribution is -2.24. The maximum atomic E-state index is 12.4. The average Bonchev–Trinajstić information content (AvgIpc) is 2.58. The highest BCUT2D eigenvalue weighted by atomic mass is 35.5. The van der Waals surface area contributed by atoms with Gasteiger partial charge in [-0.25, -0.2) is 0 Å². The molecule has 0 heterocycles. The van der Waals surface area contributed by atoms with E-state index in [1.807, 2.05) is 13.0 Å². The molecule has 24 heavy (non-hydrogen) atoms. The van der Waals surface area contributed by atoms with Gasteiger partial charge < -0.3 is 10.6 Å². The summed E-state index contributed by atoms with van der Waals surface area (Å²) in [6, 6.07) is 12.0. The van der Waals surface area contributed by atoms with Crippen LogP contribution in [-0.4, -0.2) is 18.4 Å². The van der Waals surface area contributed by atoms with Crippen LogP contribution in [0.1, 0.15) is 46.0 Å². The molecule has 0 saturated heterocycles. The van der Waals surface area contributed by atoms with Crippen molar-refractivity contribution in [3.8, 4) is 0 Å². The number of hydrogen-bond donors (Lipinski definition) is 2. The molecule has 0 aliphatic heterocycles. The maximum absolute atomic E-state index is 12.4. The molecule has 2 N–H and O–H groups in total. The van der Waals surface area contributed by atoms with Gasteiger partial charge in [0.1, 0.15) is 0 Å². The molecule has 0 saturated carbocycles. The summed E-state index contributed by atoms with van der Waals surface area (Å²) < 4.78 is 0. The SMILES string of the molecule is CCCCNC(=O)c1cccc(C(=O)Nc2cc(Cl)ccc2C)c1. The molecule has 0 spiro atoms. The van der Waals surface area contributed by atoms with E-state index in [9.17, 15) is 9.59 Å². The van der Waals surface area contributed by atoms with Gasteiger partial charge >= 0.3 is 0 Å². The van der Waals surface area contributed by atoms with E-state index in [1.165, 1.54) is 0 Å². The molecule has 2 aromatic carbocycles. The summed E-state index contributed by atoms with van der Waals surface area (Å²) in [7, 11) is 0. The van der Waals surface area contributed by atoms with Gasteiger partial charge in [-0.05, 0) is 49.2 Å². The lowest BCUT2D eigenvalue weighted by Gasteiger charge is -2.10. The first-order valence-corrected chi connectivity index (χ1v) is 8.35. The summed E-state index contributed by atoms with van der Waals surface area (Å²) >= 11 is 5.97. The number of carbonyl (C=O) groups excluding carboxylic acids is 2. The summed E-state index contributed by atoms with van der Waals surface area (Å²) in [5.41, 5.74) is 2.48. The molecule has 2 aromatic rings. The predicted molar refractivity (Wildman–Crippen MR) is 97.8 cm³/mol. The molecule has 0 atom stereocenters. The Morgan fingerprint density at radius 3 is 2.46 bits per heavy atom. The minimum atomic E-state index is -0.274. The van der Waals surface area contributed by atoms with Crippen LogP contribution in [0.25, 0.3) is 0 Å². The van der Waals surface area contributed by atoms with Crippen LogP contribution < -0.4 is 10.6 Å². The van der Waals surface area contributed by atoms with Crippen LogP contribution in [0.15, 0.2) is 42.5 Å². The highest BCUT2D eigenvalue weighted by Gasteiger charge is 2.11. The van der Waals surface area contributed by atoms with E-state index in [1.54, 1.807) is 36.4 Å². The third-order valence-electron chi connectivity index (χ3n) is 3.65. The standard InChI is InChI=1S/C19H21ClN2O2/c1-3-4-10-21-18(23)14-6-5-7-15(11-14)19(24)22-17-12-16(20)9-8-13(17)2/h5-9,11-12H,3-4,10H2,1-2H3,(H,21,23)(H,22,24). The van der Waals surface area contributed by atoms with Crippen molar-refractivity contribution in [2.24, 2.45) is 0 Å². The summed E-state index contributed by atoms with van der Waals surface area (Å²) in [5, 5.41) is 6.23. The third kappa shape index (κ3) is 4.83. The number of benzene rings is 2. The average molecular weight is 345 g/mol. The second kappa shape index (κ2) is 8.50. The molecule has 0 bridgehead atoms. The molecule has 2 amide bonds. The lowest BCUT2D eigenvalue weighted by molar-refractivity contribution is 0.0953. The van der Waals surface area contributed by atoms with E-state index in [4.69, 9.17) is 11.6 Å². The van der Waals surface area contributed by atoms with Gasteiger partial charge in [-0.1, -0.05) is 37.1 Å². The minimum Gasteiger partial charge on any atom is -0.352 e. The Balaban J connectivity index is 2.11. The van der Waals surface area contributed by atoms with Crippen LogP contribution in [0.4, 0.5) is 5.69 Å². The van der Waals surface area contributed by atoms with Crippen molar-refractivity contribution in [1.82, 2.24) is 5.32 Å². The van der Waals surface area contributed by atoms with Gasteiger partial charge in [0.25, 0.3) is 11.8 Å². The number of hydrogen-bond acceptors (Lipinski definition) is 2. The normalized spacial score (nSPS) is 10.3. The Morgan fingerprint density at radius 1 is 1.04 bits per heavy atom. The van der Waals surface area contributed by atoms with Crippen molar-refractivity contribution in [2.75, 3.05) is 11.9 Å². The molecule has 4 nitrogen and oxygen atoms in total. The van der Waals surface area contributed by atoms with Crippen molar-refractivity contribution >= 4 is 29.1 Å². The molecule has 5 heteroatoms. The Hall–Kier alpha value is -2.33. The van der Waals surface area contributed by atoms with Crippen molar-refractivity contribution in [3.63, 3.8) is 0 Å². The van der Waals surface area contributed by atoms with Crippen molar-refractivity contribution in [2.45, 2.75) is 26.7 Å². The molecule has 0 unspecified atom stereocenters. The number of rotatable bonds is 6. The summed E-state index contributed by atoms with van der Waals surface area (Å²) in [6.07, 6.45) is 1.95. The minimum absolute atomic E-state index is 0.169. The maximum Gasteiger partial charge on any atom is 0.255 e. The Labute approximate surface area is 147 Å². The number of aryl methyl sites for hydroxylation is 1. The fraction of sp³-hybridized carbons (Fsp3) is 0.263. The molecule has 126 valence electrons. The molecule has 0 aromatic heterocycles. The summed E-state index contributed by atoms with van der Waals surface area (Å²) in [5.74, 6) is -0.444. The summed E-state index contributed by atoms with van der Waals surface area (Å²) in [6.45, 7) is 4.59. The van der Waals surface area contributed by atoms with E-state index in [-0.39, 0.29) is 11.8 Å². The van der Waals surface area contributed by atoms with Crippen LogP contribution in [0.3, 0.4) is 0 Å². The first kappa shape index (κ1) is 18.0. The highest BCUT2D eigenvalue weighted by Crippen LogP contribution is 2.21. The lowest BCUT2D eigenvalue weighted by atomic mass is 10.1. The van der Waals surface area contributed by atoms with Gasteiger partial charge in [0, 0.05) is 28.4 Å². The van der Waals surface area contributed by atoms with Crippen LogP contribution in [-0.2, 0) is 0 Å². The molecule has 0 radical (unpaired) electrons. The number of anilines is 1.